The number of nitrogens with zero attached hydrogens (tertiary/aromatic N) is 3. The summed E-state index contributed by atoms with van der Waals surface area (Å²) in [4.78, 5) is 9.15. The molecule has 184 valence electrons. The number of allylic oxidation sites excluding steroid dienone is 2. The molecule has 4 rings (SSSR count). The zero-order chi connectivity index (χ0) is 25.3. The van der Waals surface area contributed by atoms with Gasteiger partial charge in [0.1, 0.15) is 17.7 Å². The molecule has 2 aliphatic rings. The van der Waals surface area contributed by atoms with Crippen molar-refractivity contribution in [3.05, 3.63) is 64.0 Å². The fourth-order valence-electron chi connectivity index (χ4n) is 4.03. The van der Waals surface area contributed by atoms with Crippen molar-refractivity contribution in [2.24, 2.45) is 21.7 Å². The fourth-order valence-corrected chi connectivity index (χ4v) is 4.03. The van der Waals surface area contributed by atoms with Gasteiger partial charge in [-0.05, 0) is 44.7 Å². The molecule has 1 atom stereocenters. The number of hydrogen-bond donors (Lipinski definition) is 4. The van der Waals surface area contributed by atoms with Crippen LogP contribution in [0.1, 0.15) is 55.9 Å². The van der Waals surface area contributed by atoms with E-state index in [2.05, 4.69) is 15.5 Å². The predicted molar refractivity (Wildman–Crippen MR) is 133 cm³/mol. The number of ether oxygens (including phenoxy) is 1. The third kappa shape index (κ3) is 5.16. The number of aromatic nitrogens is 1. The van der Waals surface area contributed by atoms with Gasteiger partial charge in [-0.15, -0.1) is 0 Å². The molecule has 0 radical (unpaired) electrons. The SMILES string of the molecule is CN/N=C1/CC(=C(C)N)C(=NCC2CC2)c2cnc(N)c(c2)OC(C)c2cc(F)cc(F)c2C1=N. The number of halogens is 2. The minimum atomic E-state index is -0.890. The summed E-state index contributed by atoms with van der Waals surface area (Å²) in [6, 6.07) is 3.61. The standard InChI is InChI=1S/C25H29F2N7O/c1-12(28)17-9-20(34-31-3)23(29)22-18(7-16(26)8-19(22)27)13(2)35-21-6-15(11-33-25(21)30)24(17)32-10-14-4-5-14/h6-8,11,13-14,29,31H,4-5,9-10,28H2,1-3H3,(H2,30,33)/b17-12?,29-23?,32-24?,34-20-. The number of nitrogen functional groups attached to an aromatic ring is 1. The second-order valence-corrected chi connectivity index (χ2v) is 8.85. The van der Waals surface area contributed by atoms with Crippen molar-refractivity contribution in [3.8, 4) is 5.75 Å². The maximum absolute atomic E-state index is 15.1. The van der Waals surface area contributed by atoms with E-state index in [1.807, 2.05) is 0 Å². The largest absolute Gasteiger partial charge is 0.482 e. The third-order valence-corrected chi connectivity index (χ3v) is 6.08. The predicted octanol–water partition coefficient (Wildman–Crippen LogP) is 3.86. The molecule has 1 aliphatic heterocycles. The Kier molecular flexibility index (Phi) is 6.81. The first-order valence-corrected chi connectivity index (χ1v) is 11.4. The maximum Gasteiger partial charge on any atom is 0.166 e. The molecule has 0 saturated heterocycles. The monoisotopic (exact) mass is 481 g/mol. The van der Waals surface area contributed by atoms with Gasteiger partial charge in [0.15, 0.2) is 11.6 Å². The van der Waals surface area contributed by atoms with Crippen LogP contribution < -0.4 is 21.6 Å². The van der Waals surface area contributed by atoms with E-state index in [1.54, 1.807) is 33.2 Å². The van der Waals surface area contributed by atoms with E-state index in [1.165, 1.54) is 0 Å². The highest BCUT2D eigenvalue weighted by atomic mass is 19.1. The summed E-state index contributed by atoms with van der Waals surface area (Å²) in [5.74, 6) is -0.786. The second-order valence-electron chi connectivity index (χ2n) is 8.85. The zero-order valence-electron chi connectivity index (χ0n) is 20.0. The van der Waals surface area contributed by atoms with Crippen LogP contribution in [0.4, 0.5) is 14.6 Å². The molecular formula is C25H29F2N7O. The van der Waals surface area contributed by atoms with E-state index in [4.69, 9.17) is 26.6 Å². The summed E-state index contributed by atoms with van der Waals surface area (Å²) in [6.07, 6.45) is 3.08. The molecule has 0 amide bonds. The Bertz CT molecular complexity index is 1260. The van der Waals surface area contributed by atoms with Gasteiger partial charge in [0.05, 0.1) is 17.1 Å². The average molecular weight is 482 g/mol. The zero-order valence-corrected chi connectivity index (χ0v) is 20.0. The van der Waals surface area contributed by atoms with Crippen molar-refractivity contribution in [1.82, 2.24) is 10.4 Å². The van der Waals surface area contributed by atoms with Crippen molar-refractivity contribution < 1.29 is 13.5 Å². The van der Waals surface area contributed by atoms with Crippen LogP contribution in [0, 0.1) is 23.0 Å². The van der Waals surface area contributed by atoms with Crippen molar-refractivity contribution in [2.75, 3.05) is 19.3 Å². The number of rotatable bonds is 3. The molecule has 1 unspecified atom stereocenters. The molecule has 0 spiro atoms. The number of pyridine rings is 1. The van der Waals surface area contributed by atoms with Crippen LogP contribution in [0.5, 0.6) is 5.75 Å². The molecule has 6 N–H and O–H groups in total. The number of nitrogens with two attached hydrogens (primary N) is 2. The van der Waals surface area contributed by atoms with Gasteiger partial charge in [-0.3, -0.25) is 10.4 Å². The quantitative estimate of drug-likeness (QED) is 0.494. The summed E-state index contributed by atoms with van der Waals surface area (Å²) in [6.45, 7) is 3.99. The van der Waals surface area contributed by atoms with Crippen LogP contribution in [0.2, 0.25) is 0 Å². The summed E-state index contributed by atoms with van der Waals surface area (Å²) < 4.78 is 35.4. The lowest BCUT2D eigenvalue weighted by Crippen LogP contribution is -2.26. The highest BCUT2D eigenvalue weighted by molar-refractivity contribution is 6.48. The molecule has 10 heteroatoms. The first-order valence-electron chi connectivity index (χ1n) is 11.4. The first kappa shape index (κ1) is 24.3. The molecule has 1 saturated carbocycles. The van der Waals surface area contributed by atoms with Crippen LogP contribution in [0.25, 0.3) is 0 Å². The molecule has 2 heterocycles. The van der Waals surface area contributed by atoms with Gasteiger partial charge < -0.3 is 21.6 Å². The Morgan fingerprint density at radius 3 is 2.69 bits per heavy atom. The summed E-state index contributed by atoms with van der Waals surface area (Å²) in [5, 5.41) is 13.1. The topological polar surface area (TPSA) is 135 Å². The lowest BCUT2D eigenvalue weighted by molar-refractivity contribution is 0.226. The Labute approximate surface area is 202 Å². The van der Waals surface area contributed by atoms with Gasteiger partial charge in [0, 0.05) is 60.2 Å². The molecule has 1 fully saturated rings. The molecule has 2 aromatic rings. The molecule has 2 bridgehead atoms. The van der Waals surface area contributed by atoms with Gasteiger partial charge in [0.2, 0.25) is 0 Å². The van der Waals surface area contributed by atoms with Crippen molar-refractivity contribution in [2.45, 2.75) is 39.2 Å². The lowest BCUT2D eigenvalue weighted by atomic mass is 9.90. The lowest BCUT2D eigenvalue weighted by Gasteiger charge is -2.23. The van der Waals surface area contributed by atoms with Crippen LogP contribution in [0.15, 0.2) is 45.8 Å². The molecular weight excluding hydrogens is 452 g/mol. The number of aliphatic imine (C=N–C) groups is 1. The summed E-state index contributed by atoms with van der Waals surface area (Å²) in [7, 11) is 1.58. The van der Waals surface area contributed by atoms with E-state index < -0.39 is 17.7 Å². The van der Waals surface area contributed by atoms with Crippen LogP contribution >= 0.6 is 0 Å². The number of benzene rings is 1. The molecule has 35 heavy (non-hydrogen) atoms. The van der Waals surface area contributed by atoms with Gasteiger partial charge >= 0.3 is 0 Å². The van der Waals surface area contributed by atoms with E-state index in [-0.39, 0.29) is 40.5 Å². The number of hydrazone groups is 1. The highest BCUT2D eigenvalue weighted by Crippen LogP contribution is 2.34. The Morgan fingerprint density at radius 1 is 1.29 bits per heavy atom. The number of nitrogens with one attached hydrogen (secondary N) is 2. The fraction of sp³-hybridized carbons (Fsp3) is 0.360. The second kappa shape index (κ2) is 9.81. The van der Waals surface area contributed by atoms with Crippen LogP contribution in [-0.4, -0.2) is 35.7 Å². The van der Waals surface area contributed by atoms with Gasteiger partial charge in [-0.1, -0.05) is 0 Å². The van der Waals surface area contributed by atoms with Gasteiger partial charge in [-0.25, -0.2) is 13.8 Å². The Morgan fingerprint density at radius 2 is 2.03 bits per heavy atom. The molecule has 1 aromatic carbocycles. The summed E-state index contributed by atoms with van der Waals surface area (Å²) in [5.41, 5.74) is 17.5. The van der Waals surface area contributed by atoms with Crippen molar-refractivity contribution >= 4 is 23.0 Å². The van der Waals surface area contributed by atoms with Gasteiger partial charge in [-0.2, -0.15) is 5.10 Å². The van der Waals surface area contributed by atoms with Gasteiger partial charge in [0.25, 0.3) is 0 Å². The van der Waals surface area contributed by atoms with Crippen LogP contribution in [-0.2, 0) is 0 Å². The van der Waals surface area contributed by atoms with E-state index >= 15 is 4.39 Å². The molecule has 1 aromatic heterocycles. The molecule has 8 nitrogen and oxygen atoms in total. The average Bonchev–Trinajstić information content (AvgIpc) is 3.62. The van der Waals surface area contributed by atoms with Crippen molar-refractivity contribution in [3.63, 3.8) is 0 Å². The molecule has 1 aliphatic carbocycles. The Balaban J connectivity index is 1.98. The van der Waals surface area contributed by atoms with Crippen LogP contribution in [0.3, 0.4) is 0 Å². The Hall–Kier alpha value is -3.82. The van der Waals surface area contributed by atoms with E-state index in [0.29, 0.717) is 35.0 Å². The smallest absolute Gasteiger partial charge is 0.166 e. The van der Waals surface area contributed by atoms with E-state index in [0.717, 1.165) is 25.0 Å². The first-order chi connectivity index (χ1) is 16.7. The normalized spacial score (nSPS) is 22.2. The van der Waals surface area contributed by atoms with E-state index in [9.17, 15) is 4.39 Å². The maximum atomic E-state index is 15.1. The third-order valence-electron chi connectivity index (χ3n) is 6.08. The highest BCUT2D eigenvalue weighted by Gasteiger charge is 2.28. The minimum Gasteiger partial charge on any atom is -0.482 e. The minimum absolute atomic E-state index is 0.0940. The number of hydrogen-bond acceptors (Lipinski definition) is 8. The number of fused-ring (bicyclic) bond motifs is 3. The number of anilines is 1. The van der Waals surface area contributed by atoms with Crippen molar-refractivity contribution in [1.29, 1.82) is 5.41 Å². The summed E-state index contributed by atoms with van der Waals surface area (Å²) >= 11 is 0.